The average molecular weight is 275 g/mol. The number of benzene rings is 2. The summed E-state index contributed by atoms with van der Waals surface area (Å²) in [5.41, 5.74) is 2.75. The summed E-state index contributed by atoms with van der Waals surface area (Å²) in [5, 5.41) is 0.460. The summed E-state index contributed by atoms with van der Waals surface area (Å²) < 4.78 is 5.74. The summed E-state index contributed by atoms with van der Waals surface area (Å²) in [5.74, 6) is 0.405. The Bertz CT molecular complexity index is 605. The minimum Gasteiger partial charge on any atom is -0.487 e. The highest BCUT2D eigenvalue weighted by molar-refractivity contribution is 6.32. The van der Waals surface area contributed by atoms with E-state index in [4.69, 9.17) is 16.3 Å². The van der Waals surface area contributed by atoms with Gasteiger partial charge in [0.05, 0.1) is 10.6 Å². The van der Waals surface area contributed by atoms with E-state index in [2.05, 4.69) is 0 Å². The lowest BCUT2D eigenvalue weighted by Crippen LogP contribution is -2.03. The van der Waals surface area contributed by atoms with E-state index in [9.17, 15) is 4.79 Å². The van der Waals surface area contributed by atoms with Crippen molar-refractivity contribution < 1.29 is 9.53 Å². The van der Waals surface area contributed by atoms with Gasteiger partial charge in [-0.25, -0.2) is 0 Å². The van der Waals surface area contributed by atoms with E-state index in [1.165, 1.54) is 6.92 Å². The van der Waals surface area contributed by atoms with Crippen LogP contribution < -0.4 is 4.74 Å². The van der Waals surface area contributed by atoms with Crippen molar-refractivity contribution in [2.45, 2.75) is 20.5 Å². The Hall–Kier alpha value is -1.80. The number of aryl methyl sites for hydroxylation is 1. The zero-order valence-corrected chi connectivity index (χ0v) is 11.7. The van der Waals surface area contributed by atoms with E-state index in [1.54, 1.807) is 18.2 Å². The zero-order valence-electron chi connectivity index (χ0n) is 10.9. The number of ketones is 1. The molecule has 2 nitrogen and oxygen atoms in total. The second kappa shape index (κ2) is 5.89. The quantitative estimate of drug-likeness (QED) is 0.771. The second-order valence-corrected chi connectivity index (χ2v) is 4.80. The summed E-state index contributed by atoms with van der Waals surface area (Å²) in [6.45, 7) is 3.93. The number of Topliss-reactive ketones (excluding diaryl/α,β-unsaturated/α-hetero) is 1. The number of carbonyl (C=O) groups is 1. The van der Waals surface area contributed by atoms with Crippen molar-refractivity contribution in [1.29, 1.82) is 0 Å². The van der Waals surface area contributed by atoms with Crippen molar-refractivity contribution in [2.24, 2.45) is 0 Å². The molecule has 2 aromatic rings. The average Bonchev–Trinajstić information content (AvgIpc) is 2.38. The highest BCUT2D eigenvalue weighted by Crippen LogP contribution is 2.30. The van der Waals surface area contributed by atoms with Crippen LogP contribution in [0.4, 0.5) is 0 Å². The maximum absolute atomic E-state index is 11.6. The number of halogens is 1. The van der Waals surface area contributed by atoms with Gasteiger partial charge >= 0.3 is 0 Å². The topological polar surface area (TPSA) is 26.3 Å². The normalized spacial score (nSPS) is 10.3. The highest BCUT2D eigenvalue weighted by Gasteiger charge is 2.12. The largest absolute Gasteiger partial charge is 0.487 e. The van der Waals surface area contributed by atoms with E-state index >= 15 is 0 Å². The van der Waals surface area contributed by atoms with Crippen molar-refractivity contribution >= 4 is 17.4 Å². The molecule has 0 amide bonds. The van der Waals surface area contributed by atoms with Crippen LogP contribution in [0.3, 0.4) is 0 Å². The van der Waals surface area contributed by atoms with Gasteiger partial charge in [-0.2, -0.15) is 0 Å². The van der Waals surface area contributed by atoms with Crippen molar-refractivity contribution in [3.63, 3.8) is 0 Å². The molecule has 0 heterocycles. The molecule has 0 aliphatic heterocycles. The summed E-state index contributed by atoms with van der Waals surface area (Å²) in [4.78, 5) is 11.6. The van der Waals surface area contributed by atoms with Gasteiger partial charge < -0.3 is 4.74 Å². The van der Waals surface area contributed by atoms with Crippen LogP contribution in [-0.4, -0.2) is 5.78 Å². The van der Waals surface area contributed by atoms with E-state index in [0.717, 1.165) is 11.1 Å². The van der Waals surface area contributed by atoms with Crippen LogP contribution in [0.2, 0.25) is 5.02 Å². The van der Waals surface area contributed by atoms with Crippen molar-refractivity contribution in [3.05, 3.63) is 64.2 Å². The third kappa shape index (κ3) is 3.15. The van der Waals surface area contributed by atoms with Crippen LogP contribution >= 0.6 is 11.6 Å². The molecule has 0 fully saturated rings. The minimum absolute atomic E-state index is 0.0534. The Morgan fingerprint density at radius 2 is 1.89 bits per heavy atom. The zero-order chi connectivity index (χ0) is 13.8. The molecule has 98 valence electrons. The van der Waals surface area contributed by atoms with Gasteiger partial charge in [-0.05, 0) is 37.1 Å². The lowest BCUT2D eigenvalue weighted by molar-refractivity contribution is 0.101. The number of carbonyl (C=O) groups excluding carboxylic acids is 1. The molecule has 0 aliphatic carbocycles. The Morgan fingerprint density at radius 3 is 2.58 bits per heavy atom. The summed E-state index contributed by atoms with van der Waals surface area (Å²) in [6.07, 6.45) is 0. The molecule has 0 aliphatic rings. The van der Waals surface area contributed by atoms with E-state index < -0.39 is 0 Å². The molecule has 0 N–H and O–H groups in total. The van der Waals surface area contributed by atoms with Gasteiger partial charge in [-0.1, -0.05) is 41.9 Å². The molecule has 2 rings (SSSR count). The lowest BCUT2D eigenvalue weighted by Gasteiger charge is -2.12. The molecule has 19 heavy (non-hydrogen) atoms. The van der Waals surface area contributed by atoms with Gasteiger partial charge in [0.1, 0.15) is 12.4 Å². The van der Waals surface area contributed by atoms with Gasteiger partial charge in [0.25, 0.3) is 0 Å². The van der Waals surface area contributed by atoms with E-state index in [1.807, 2.05) is 31.2 Å². The van der Waals surface area contributed by atoms with Gasteiger partial charge in [0.2, 0.25) is 0 Å². The number of ether oxygens (including phenoxy) is 1. The lowest BCUT2D eigenvalue weighted by atomic mass is 10.1. The Morgan fingerprint density at radius 1 is 1.16 bits per heavy atom. The maximum atomic E-state index is 11.6. The molecule has 0 saturated carbocycles. The maximum Gasteiger partial charge on any atom is 0.163 e. The minimum atomic E-state index is -0.0534. The van der Waals surface area contributed by atoms with Crippen LogP contribution in [0, 0.1) is 6.92 Å². The molecular weight excluding hydrogens is 260 g/mol. The Labute approximate surface area is 118 Å². The predicted octanol–water partition coefficient (Wildman–Crippen LogP) is 4.43. The standard InChI is InChI=1S/C16H15ClO2/c1-11-6-3-4-7-13(11)10-19-16-14(12(2)18)8-5-9-15(16)17/h3-9H,10H2,1-2H3. The first-order valence-electron chi connectivity index (χ1n) is 6.06. The molecule has 0 spiro atoms. The first-order valence-corrected chi connectivity index (χ1v) is 6.44. The van der Waals surface area contributed by atoms with Gasteiger partial charge in [0.15, 0.2) is 5.78 Å². The van der Waals surface area contributed by atoms with Crippen molar-refractivity contribution in [3.8, 4) is 5.75 Å². The number of para-hydroxylation sites is 1. The third-order valence-corrected chi connectivity index (χ3v) is 3.28. The second-order valence-electron chi connectivity index (χ2n) is 4.39. The van der Waals surface area contributed by atoms with Crippen molar-refractivity contribution in [2.75, 3.05) is 0 Å². The number of hydrogen-bond acceptors (Lipinski definition) is 2. The molecule has 0 saturated heterocycles. The summed E-state index contributed by atoms with van der Waals surface area (Å²) in [7, 11) is 0. The van der Waals surface area contributed by atoms with Gasteiger partial charge in [0, 0.05) is 0 Å². The van der Waals surface area contributed by atoms with Crippen LogP contribution in [0.1, 0.15) is 28.4 Å². The fourth-order valence-corrected chi connectivity index (χ4v) is 2.08. The van der Waals surface area contributed by atoms with E-state index in [-0.39, 0.29) is 5.78 Å². The summed E-state index contributed by atoms with van der Waals surface area (Å²) in [6, 6.07) is 13.2. The fourth-order valence-electron chi connectivity index (χ4n) is 1.85. The predicted molar refractivity (Wildman–Crippen MR) is 77.0 cm³/mol. The van der Waals surface area contributed by atoms with Gasteiger partial charge in [-0.15, -0.1) is 0 Å². The highest BCUT2D eigenvalue weighted by atomic mass is 35.5. The number of hydrogen-bond donors (Lipinski definition) is 0. The van der Waals surface area contributed by atoms with Gasteiger partial charge in [-0.3, -0.25) is 4.79 Å². The molecule has 3 heteroatoms. The SMILES string of the molecule is CC(=O)c1cccc(Cl)c1OCc1ccccc1C. The monoisotopic (exact) mass is 274 g/mol. The molecular formula is C16H15ClO2. The van der Waals surface area contributed by atoms with Crippen LogP contribution in [0.5, 0.6) is 5.75 Å². The van der Waals surface area contributed by atoms with Crippen molar-refractivity contribution in [1.82, 2.24) is 0 Å². The molecule has 0 atom stereocenters. The third-order valence-electron chi connectivity index (χ3n) is 2.98. The van der Waals surface area contributed by atoms with Crippen LogP contribution in [0.25, 0.3) is 0 Å². The first-order chi connectivity index (χ1) is 9.09. The summed E-state index contributed by atoms with van der Waals surface area (Å²) >= 11 is 6.10. The molecule has 2 aromatic carbocycles. The molecule has 0 bridgehead atoms. The molecule has 0 aromatic heterocycles. The van der Waals surface area contributed by atoms with Crippen LogP contribution in [-0.2, 0) is 6.61 Å². The van der Waals surface area contributed by atoms with Crippen LogP contribution in [0.15, 0.2) is 42.5 Å². The number of rotatable bonds is 4. The van der Waals surface area contributed by atoms with E-state index in [0.29, 0.717) is 22.9 Å². The first kappa shape index (κ1) is 13.6. The smallest absolute Gasteiger partial charge is 0.163 e. The molecule has 0 unspecified atom stereocenters. The molecule has 0 radical (unpaired) electrons. The Balaban J connectivity index is 2.25. The fraction of sp³-hybridized carbons (Fsp3) is 0.188. The Kier molecular flexibility index (Phi) is 4.23.